The maximum atomic E-state index is 10.0. The van der Waals surface area contributed by atoms with E-state index >= 15 is 0 Å². The Balaban J connectivity index is 3.69. The van der Waals surface area contributed by atoms with Crippen molar-refractivity contribution < 1.29 is 14.6 Å². The molecule has 90 valence electrons. The monoisotopic (exact) mass is 233 g/mol. The van der Waals surface area contributed by atoms with Crippen LogP contribution in [0.15, 0.2) is 12.7 Å². The third kappa shape index (κ3) is 2.04. The second-order valence-electron chi connectivity index (χ2n) is 3.50. The van der Waals surface area contributed by atoms with E-state index in [-0.39, 0.29) is 11.3 Å². The van der Waals surface area contributed by atoms with Crippen molar-refractivity contribution in [3.05, 3.63) is 29.3 Å². The Hall–Kier alpha value is -2.15. The van der Waals surface area contributed by atoms with Gasteiger partial charge in [-0.2, -0.15) is 5.26 Å². The minimum atomic E-state index is 0.0547. The van der Waals surface area contributed by atoms with E-state index < -0.39 is 0 Å². The molecule has 4 heteroatoms. The van der Waals surface area contributed by atoms with Crippen LogP contribution in [-0.4, -0.2) is 19.3 Å². The zero-order valence-electron chi connectivity index (χ0n) is 10.2. The van der Waals surface area contributed by atoms with E-state index in [0.29, 0.717) is 29.0 Å². The summed E-state index contributed by atoms with van der Waals surface area (Å²) < 4.78 is 10.3. The number of phenols is 1. The molecule has 0 aromatic heterocycles. The second kappa shape index (κ2) is 5.26. The molecule has 1 rings (SSSR count). The molecule has 0 heterocycles. The fraction of sp³-hybridized carbons (Fsp3) is 0.308. The fourth-order valence-electron chi connectivity index (χ4n) is 1.78. The summed E-state index contributed by atoms with van der Waals surface area (Å²) in [5.41, 5.74) is 1.35. The normalized spacial score (nSPS) is 9.53. The van der Waals surface area contributed by atoms with Gasteiger partial charge in [0.05, 0.1) is 14.2 Å². The minimum Gasteiger partial charge on any atom is -0.507 e. The molecule has 1 aromatic carbocycles. The highest BCUT2D eigenvalue weighted by Crippen LogP contribution is 2.42. The first-order valence-corrected chi connectivity index (χ1v) is 5.09. The molecule has 1 aromatic rings. The fourth-order valence-corrected chi connectivity index (χ4v) is 1.78. The van der Waals surface area contributed by atoms with Crippen molar-refractivity contribution in [2.75, 3.05) is 14.2 Å². The molecular weight excluding hydrogens is 218 g/mol. The molecule has 0 atom stereocenters. The predicted octanol–water partition coefficient (Wildman–Crippen LogP) is 2.32. The number of hydrogen-bond acceptors (Lipinski definition) is 4. The SMILES string of the molecule is C=CCc1c(O)c(C)c(OC)c(OC)c1C#N. The Kier molecular flexibility index (Phi) is 4.00. The number of ether oxygens (including phenoxy) is 2. The zero-order chi connectivity index (χ0) is 13.0. The summed E-state index contributed by atoms with van der Waals surface area (Å²) in [5.74, 6) is 0.788. The van der Waals surface area contributed by atoms with Gasteiger partial charge in [0.15, 0.2) is 11.5 Å². The summed E-state index contributed by atoms with van der Waals surface area (Å²) >= 11 is 0. The summed E-state index contributed by atoms with van der Waals surface area (Å²) in [4.78, 5) is 0. The van der Waals surface area contributed by atoms with Gasteiger partial charge in [0.1, 0.15) is 17.4 Å². The maximum absolute atomic E-state index is 10.0. The Labute approximate surface area is 101 Å². The number of rotatable bonds is 4. The molecule has 0 radical (unpaired) electrons. The molecular formula is C13H15NO3. The van der Waals surface area contributed by atoms with E-state index in [4.69, 9.17) is 14.7 Å². The summed E-state index contributed by atoms with van der Waals surface area (Å²) in [6.45, 7) is 5.32. The van der Waals surface area contributed by atoms with Crippen molar-refractivity contribution in [2.24, 2.45) is 0 Å². The summed E-state index contributed by atoms with van der Waals surface area (Å²) in [5, 5.41) is 19.2. The molecule has 0 unspecified atom stereocenters. The van der Waals surface area contributed by atoms with Crippen molar-refractivity contribution in [2.45, 2.75) is 13.3 Å². The van der Waals surface area contributed by atoms with Crippen molar-refractivity contribution in [3.63, 3.8) is 0 Å². The van der Waals surface area contributed by atoms with E-state index in [1.54, 1.807) is 13.0 Å². The molecule has 17 heavy (non-hydrogen) atoms. The lowest BCUT2D eigenvalue weighted by molar-refractivity contribution is 0.346. The topological polar surface area (TPSA) is 62.5 Å². The van der Waals surface area contributed by atoms with Gasteiger partial charge in [0, 0.05) is 11.1 Å². The van der Waals surface area contributed by atoms with Crippen LogP contribution in [0.2, 0.25) is 0 Å². The molecule has 0 aliphatic heterocycles. The van der Waals surface area contributed by atoms with Gasteiger partial charge < -0.3 is 14.6 Å². The van der Waals surface area contributed by atoms with Gasteiger partial charge in [0.2, 0.25) is 0 Å². The highest BCUT2D eigenvalue weighted by molar-refractivity contribution is 5.66. The van der Waals surface area contributed by atoms with Gasteiger partial charge in [-0.3, -0.25) is 0 Å². The number of nitrogens with zero attached hydrogens (tertiary/aromatic N) is 1. The molecule has 0 aliphatic rings. The van der Waals surface area contributed by atoms with Gasteiger partial charge in [-0.1, -0.05) is 6.08 Å². The van der Waals surface area contributed by atoms with E-state index in [2.05, 4.69) is 6.58 Å². The van der Waals surface area contributed by atoms with Crippen molar-refractivity contribution in [1.82, 2.24) is 0 Å². The number of phenolic OH excluding ortho intramolecular Hbond substituents is 1. The van der Waals surface area contributed by atoms with E-state index in [0.717, 1.165) is 0 Å². The van der Waals surface area contributed by atoms with E-state index in [1.165, 1.54) is 14.2 Å². The quantitative estimate of drug-likeness (QED) is 0.810. The van der Waals surface area contributed by atoms with Gasteiger partial charge in [-0.05, 0) is 13.3 Å². The van der Waals surface area contributed by atoms with Gasteiger partial charge in [-0.15, -0.1) is 6.58 Å². The number of hydrogen-bond donors (Lipinski definition) is 1. The van der Waals surface area contributed by atoms with Crippen LogP contribution in [0.5, 0.6) is 17.2 Å². The summed E-state index contributed by atoms with van der Waals surface area (Å²) in [7, 11) is 2.94. The van der Waals surface area contributed by atoms with E-state index in [9.17, 15) is 5.11 Å². The molecule has 0 fully saturated rings. The largest absolute Gasteiger partial charge is 0.507 e. The minimum absolute atomic E-state index is 0.0547. The number of methoxy groups -OCH3 is 2. The molecule has 0 spiro atoms. The zero-order valence-corrected chi connectivity index (χ0v) is 10.2. The summed E-state index contributed by atoms with van der Waals surface area (Å²) in [6.07, 6.45) is 2.02. The van der Waals surface area contributed by atoms with Gasteiger partial charge >= 0.3 is 0 Å². The molecule has 0 amide bonds. The maximum Gasteiger partial charge on any atom is 0.179 e. The van der Waals surface area contributed by atoms with Crippen molar-refractivity contribution in [1.29, 1.82) is 5.26 Å². The lowest BCUT2D eigenvalue weighted by Gasteiger charge is -2.16. The standard InChI is InChI=1S/C13H15NO3/c1-5-6-9-10(7-14)13(17-4)12(16-3)8(2)11(9)15/h5,15H,1,6H2,2-4H3. The Morgan fingerprint density at radius 2 is 1.94 bits per heavy atom. The van der Waals surface area contributed by atoms with Crippen LogP contribution in [0.25, 0.3) is 0 Å². The molecule has 1 N–H and O–H groups in total. The first kappa shape index (κ1) is 12.9. The lowest BCUT2D eigenvalue weighted by Crippen LogP contribution is -2.01. The number of aromatic hydroxyl groups is 1. The Morgan fingerprint density at radius 1 is 1.35 bits per heavy atom. The van der Waals surface area contributed by atoms with Crippen LogP contribution in [0.4, 0.5) is 0 Å². The lowest BCUT2D eigenvalue weighted by atomic mass is 9.98. The Bertz CT molecular complexity index is 487. The average Bonchev–Trinajstić information content (AvgIpc) is 2.34. The van der Waals surface area contributed by atoms with E-state index in [1.807, 2.05) is 6.07 Å². The molecule has 0 bridgehead atoms. The predicted molar refractivity (Wildman–Crippen MR) is 64.6 cm³/mol. The van der Waals surface area contributed by atoms with Crippen LogP contribution >= 0.6 is 0 Å². The molecule has 0 saturated carbocycles. The van der Waals surface area contributed by atoms with Gasteiger partial charge in [-0.25, -0.2) is 0 Å². The van der Waals surface area contributed by atoms with Crippen LogP contribution in [-0.2, 0) is 6.42 Å². The number of benzene rings is 1. The summed E-state index contributed by atoms with van der Waals surface area (Å²) in [6, 6.07) is 2.03. The average molecular weight is 233 g/mol. The van der Waals surface area contributed by atoms with Crippen LogP contribution < -0.4 is 9.47 Å². The first-order valence-electron chi connectivity index (χ1n) is 5.09. The molecule has 0 aliphatic carbocycles. The third-order valence-electron chi connectivity index (χ3n) is 2.59. The molecule has 4 nitrogen and oxygen atoms in total. The number of nitriles is 1. The van der Waals surface area contributed by atoms with Crippen molar-refractivity contribution >= 4 is 0 Å². The van der Waals surface area contributed by atoms with Crippen LogP contribution in [0, 0.1) is 18.3 Å². The van der Waals surface area contributed by atoms with Gasteiger partial charge in [0.25, 0.3) is 0 Å². The Morgan fingerprint density at radius 3 is 2.35 bits per heavy atom. The smallest absolute Gasteiger partial charge is 0.179 e. The second-order valence-corrected chi connectivity index (χ2v) is 3.50. The highest BCUT2D eigenvalue weighted by atomic mass is 16.5. The van der Waals surface area contributed by atoms with Crippen molar-refractivity contribution in [3.8, 4) is 23.3 Å². The number of allylic oxidation sites excluding steroid dienone is 1. The first-order chi connectivity index (χ1) is 8.12. The van der Waals surface area contributed by atoms with Crippen LogP contribution in [0.1, 0.15) is 16.7 Å². The van der Waals surface area contributed by atoms with Crippen LogP contribution in [0.3, 0.4) is 0 Å². The highest BCUT2D eigenvalue weighted by Gasteiger charge is 2.22. The third-order valence-corrected chi connectivity index (χ3v) is 2.59. The molecule has 0 saturated heterocycles.